The summed E-state index contributed by atoms with van der Waals surface area (Å²) in [6.07, 6.45) is 2.96. The van der Waals surface area contributed by atoms with Crippen LogP contribution in [0.5, 0.6) is 11.5 Å². The molecule has 1 amide bonds. The van der Waals surface area contributed by atoms with Gasteiger partial charge in [0, 0.05) is 11.8 Å². The van der Waals surface area contributed by atoms with E-state index in [0.29, 0.717) is 39.9 Å². The van der Waals surface area contributed by atoms with E-state index in [1.165, 1.54) is 26.4 Å². The van der Waals surface area contributed by atoms with Crippen molar-refractivity contribution in [1.29, 1.82) is 0 Å². The van der Waals surface area contributed by atoms with E-state index < -0.39 is 5.97 Å². The smallest absolute Gasteiger partial charge is 0.337 e. The monoisotopic (exact) mass is 389 g/mol. The molecule has 0 aliphatic heterocycles. The largest absolute Gasteiger partial charge is 0.493 e. The third-order valence-corrected chi connectivity index (χ3v) is 3.80. The summed E-state index contributed by atoms with van der Waals surface area (Å²) in [6, 6.07) is 9.87. The van der Waals surface area contributed by atoms with Crippen LogP contribution in [0.15, 0.2) is 42.5 Å². The van der Waals surface area contributed by atoms with Crippen molar-refractivity contribution in [3.05, 3.63) is 58.6 Å². The van der Waals surface area contributed by atoms with Crippen molar-refractivity contribution >= 4 is 35.2 Å². The Bertz CT molecular complexity index is 863. The normalized spacial score (nSPS) is 10.5. The number of amides is 1. The first-order valence-corrected chi connectivity index (χ1v) is 8.54. The molecule has 142 valence electrons. The second kappa shape index (κ2) is 9.64. The second-order valence-electron chi connectivity index (χ2n) is 5.36. The maximum Gasteiger partial charge on any atom is 0.337 e. The molecule has 27 heavy (non-hydrogen) atoms. The SMILES string of the molecule is CCOc1c(Cl)cc(/C=C/C(=O)Nc2cccc(C(=O)OC)c2)cc1OC. The molecule has 0 radical (unpaired) electrons. The molecule has 2 rings (SSSR count). The molecule has 2 aromatic carbocycles. The topological polar surface area (TPSA) is 73.9 Å². The van der Waals surface area contributed by atoms with Gasteiger partial charge in [-0.05, 0) is 48.9 Å². The predicted molar refractivity (Wildman–Crippen MR) is 105 cm³/mol. The van der Waals surface area contributed by atoms with Crippen LogP contribution in [0.1, 0.15) is 22.8 Å². The number of esters is 1. The van der Waals surface area contributed by atoms with Gasteiger partial charge in [-0.2, -0.15) is 0 Å². The van der Waals surface area contributed by atoms with Crippen LogP contribution in [0.3, 0.4) is 0 Å². The van der Waals surface area contributed by atoms with Crippen LogP contribution in [0.25, 0.3) is 6.08 Å². The van der Waals surface area contributed by atoms with Crippen molar-refractivity contribution in [2.75, 3.05) is 26.1 Å². The maximum absolute atomic E-state index is 12.1. The number of rotatable bonds is 7. The number of halogens is 1. The van der Waals surface area contributed by atoms with Gasteiger partial charge in [-0.1, -0.05) is 17.7 Å². The first kappa shape index (κ1) is 20.3. The molecule has 2 aromatic rings. The Morgan fingerprint density at radius 2 is 1.96 bits per heavy atom. The molecular formula is C20H20ClNO5. The minimum absolute atomic E-state index is 0.349. The number of hydrogen-bond acceptors (Lipinski definition) is 5. The fourth-order valence-corrected chi connectivity index (χ4v) is 2.59. The molecule has 0 aliphatic rings. The maximum atomic E-state index is 12.1. The Kier molecular flexibility index (Phi) is 7.25. The van der Waals surface area contributed by atoms with Crippen molar-refractivity contribution in [2.24, 2.45) is 0 Å². The minimum atomic E-state index is -0.474. The summed E-state index contributed by atoms with van der Waals surface area (Å²) < 4.78 is 15.4. The van der Waals surface area contributed by atoms with Crippen molar-refractivity contribution in [3.8, 4) is 11.5 Å². The number of methoxy groups -OCH3 is 2. The highest BCUT2D eigenvalue weighted by Gasteiger charge is 2.11. The Labute approximate surface area is 162 Å². The standard InChI is InChI=1S/C20H20ClNO5/c1-4-27-19-16(21)10-13(11-17(19)25-2)8-9-18(23)22-15-7-5-6-14(12-15)20(24)26-3/h5-12H,4H2,1-3H3,(H,22,23)/b9-8+. The molecule has 0 fully saturated rings. The Morgan fingerprint density at radius 3 is 2.63 bits per heavy atom. The molecule has 0 bridgehead atoms. The van der Waals surface area contributed by atoms with E-state index in [4.69, 9.17) is 21.1 Å². The van der Waals surface area contributed by atoms with E-state index in [-0.39, 0.29) is 5.91 Å². The molecule has 0 aromatic heterocycles. The van der Waals surface area contributed by atoms with E-state index in [1.807, 2.05) is 6.92 Å². The summed E-state index contributed by atoms with van der Waals surface area (Å²) in [5, 5.41) is 3.07. The van der Waals surface area contributed by atoms with E-state index in [9.17, 15) is 9.59 Å². The van der Waals surface area contributed by atoms with Gasteiger partial charge in [0.1, 0.15) is 0 Å². The van der Waals surface area contributed by atoms with Crippen LogP contribution in [0, 0.1) is 0 Å². The van der Waals surface area contributed by atoms with Crippen LogP contribution in [0.2, 0.25) is 5.02 Å². The van der Waals surface area contributed by atoms with Crippen LogP contribution in [-0.4, -0.2) is 32.7 Å². The van der Waals surface area contributed by atoms with Crippen molar-refractivity contribution in [1.82, 2.24) is 0 Å². The molecule has 6 nitrogen and oxygen atoms in total. The van der Waals surface area contributed by atoms with Gasteiger partial charge < -0.3 is 19.5 Å². The Morgan fingerprint density at radius 1 is 1.19 bits per heavy atom. The van der Waals surface area contributed by atoms with E-state index in [0.717, 1.165) is 0 Å². The Hall–Kier alpha value is -2.99. The van der Waals surface area contributed by atoms with Gasteiger partial charge in [0.2, 0.25) is 5.91 Å². The van der Waals surface area contributed by atoms with Gasteiger partial charge in [0.25, 0.3) is 0 Å². The highest BCUT2D eigenvalue weighted by Crippen LogP contribution is 2.36. The van der Waals surface area contributed by atoms with Crippen molar-refractivity contribution in [3.63, 3.8) is 0 Å². The average Bonchev–Trinajstić information content (AvgIpc) is 2.67. The molecular weight excluding hydrogens is 370 g/mol. The summed E-state index contributed by atoms with van der Waals surface area (Å²) in [6.45, 7) is 2.31. The number of hydrogen-bond donors (Lipinski definition) is 1. The predicted octanol–water partition coefficient (Wildman–Crippen LogP) is 4.19. The highest BCUT2D eigenvalue weighted by atomic mass is 35.5. The average molecular weight is 390 g/mol. The third kappa shape index (κ3) is 5.49. The lowest BCUT2D eigenvalue weighted by Crippen LogP contribution is -2.09. The molecule has 0 unspecified atom stereocenters. The summed E-state index contributed by atoms with van der Waals surface area (Å²) in [5.41, 5.74) is 1.51. The zero-order valence-corrected chi connectivity index (χ0v) is 16.0. The molecule has 0 aliphatic carbocycles. The van der Waals surface area contributed by atoms with Crippen LogP contribution < -0.4 is 14.8 Å². The lowest BCUT2D eigenvalue weighted by Gasteiger charge is -2.11. The lowest BCUT2D eigenvalue weighted by molar-refractivity contribution is -0.111. The highest BCUT2D eigenvalue weighted by molar-refractivity contribution is 6.32. The van der Waals surface area contributed by atoms with Crippen molar-refractivity contribution < 1.29 is 23.8 Å². The second-order valence-corrected chi connectivity index (χ2v) is 5.77. The zero-order valence-electron chi connectivity index (χ0n) is 15.2. The first-order valence-electron chi connectivity index (χ1n) is 8.16. The summed E-state index contributed by atoms with van der Waals surface area (Å²) in [7, 11) is 2.81. The summed E-state index contributed by atoms with van der Waals surface area (Å²) in [4.78, 5) is 23.7. The number of benzene rings is 2. The van der Waals surface area contributed by atoms with Crippen LogP contribution >= 0.6 is 11.6 Å². The van der Waals surface area contributed by atoms with Gasteiger partial charge in [-0.25, -0.2) is 4.79 Å². The number of ether oxygens (including phenoxy) is 3. The van der Waals surface area contributed by atoms with Gasteiger partial charge in [0.05, 0.1) is 31.4 Å². The van der Waals surface area contributed by atoms with Gasteiger partial charge >= 0.3 is 5.97 Å². The van der Waals surface area contributed by atoms with Crippen molar-refractivity contribution in [2.45, 2.75) is 6.92 Å². The molecule has 7 heteroatoms. The molecule has 0 atom stereocenters. The van der Waals surface area contributed by atoms with Gasteiger partial charge in [0.15, 0.2) is 11.5 Å². The zero-order chi connectivity index (χ0) is 19.8. The quantitative estimate of drug-likeness (QED) is 0.567. The number of carbonyl (C=O) groups is 2. The van der Waals surface area contributed by atoms with E-state index in [2.05, 4.69) is 10.1 Å². The number of carbonyl (C=O) groups excluding carboxylic acids is 2. The Balaban J connectivity index is 2.13. The molecule has 0 heterocycles. The van der Waals surface area contributed by atoms with Crippen LogP contribution in [0.4, 0.5) is 5.69 Å². The fraction of sp³-hybridized carbons (Fsp3) is 0.200. The molecule has 0 saturated heterocycles. The number of nitrogens with one attached hydrogen (secondary N) is 1. The van der Waals surface area contributed by atoms with Gasteiger partial charge in [-0.3, -0.25) is 4.79 Å². The summed E-state index contributed by atoms with van der Waals surface area (Å²) in [5.74, 6) is 0.108. The number of anilines is 1. The van der Waals surface area contributed by atoms with E-state index in [1.54, 1.807) is 36.4 Å². The van der Waals surface area contributed by atoms with Crippen LogP contribution in [-0.2, 0) is 9.53 Å². The molecule has 0 saturated carbocycles. The van der Waals surface area contributed by atoms with E-state index >= 15 is 0 Å². The third-order valence-electron chi connectivity index (χ3n) is 3.52. The summed E-state index contributed by atoms with van der Waals surface area (Å²) >= 11 is 6.21. The molecule has 0 spiro atoms. The lowest BCUT2D eigenvalue weighted by atomic mass is 10.1. The van der Waals surface area contributed by atoms with Gasteiger partial charge in [-0.15, -0.1) is 0 Å². The molecule has 1 N–H and O–H groups in total. The fourth-order valence-electron chi connectivity index (χ4n) is 2.32. The minimum Gasteiger partial charge on any atom is -0.493 e. The first-order chi connectivity index (χ1) is 13.0.